The number of halogens is 4. The number of alkyl halides is 3. The lowest BCUT2D eigenvalue weighted by Gasteiger charge is -2.34. The first-order valence-electron chi connectivity index (χ1n) is 14.0. The second-order valence-corrected chi connectivity index (χ2v) is 10.1. The Morgan fingerprint density at radius 1 is 0.932 bits per heavy atom. The monoisotopic (exact) mass is 606 g/mol. The Labute approximate surface area is 251 Å². The maximum atomic E-state index is 15.3. The third-order valence-electron chi connectivity index (χ3n) is 7.01. The van der Waals surface area contributed by atoms with E-state index in [1.807, 2.05) is 25.3 Å². The molecular weight excluding hydrogens is 576 g/mol. The van der Waals surface area contributed by atoms with Crippen molar-refractivity contribution < 1.29 is 22.4 Å². The molecule has 4 aromatic heterocycles. The minimum Gasteiger partial charge on any atom is -0.336 e. The van der Waals surface area contributed by atoms with Crippen molar-refractivity contribution in [3.8, 4) is 22.5 Å². The Balaban J connectivity index is 0.00000123. The number of nitrogens with zero attached hydrogens (tertiary/aromatic N) is 7. The van der Waals surface area contributed by atoms with E-state index in [1.165, 1.54) is 29.0 Å². The molecule has 1 amide bonds. The van der Waals surface area contributed by atoms with Gasteiger partial charge in [0.1, 0.15) is 5.82 Å². The Bertz CT molecular complexity index is 1730. The van der Waals surface area contributed by atoms with E-state index in [-0.39, 0.29) is 22.7 Å². The maximum Gasteiger partial charge on any atom is 0.417 e. The van der Waals surface area contributed by atoms with Crippen molar-refractivity contribution >= 4 is 11.6 Å². The molecule has 5 aromatic rings. The van der Waals surface area contributed by atoms with Crippen LogP contribution in [-0.2, 0) is 12.7 Å². The quantitative estimate of drug-likeness (QED) is 0.283. The zero-order chi connectivity index (χ0) is 31.3. The largest absolute Gasteiger partial charge is 0.417 e. The summed E-state index contributed by atoms with van der Waals surface area (Å²) in [6.07, 6.45) is 2.53. The molecule has 1 aliphatic rings. The molecule has 0 bridgehead atoms. The molecule has 0 unspecified atom stereocenters. The lowest BCUT2D eigenvalue weighted by molar-refractivity contribution is -0.137. The van der Waals surface area contributed by atoms with Gasteiger partial charge in [-0.25, -0.2) is 13.9 Å². The molecule has 44 heavy (non-hydrogen) atoms. The lowest BCUT2D eigenvalue weighted by Crippen LogP contribution is -2.48. The van der Waals surface area contributed by atoms with Crippen LogP contribution in [0.25, 0.3) is 28.2 Å². The Kier molecular flexibility index (Phi) is 9.26. The van der Waals surface area contributed by atoms with Crippen molar-refractivity contribution in [3.05, 3.63) is 102 Å². The average Bonchev–Trinajstić information content (AvgIpc) is 3.45. The summed E-state index contributed by atoms with van der Waals surface area (Å²) in [4.78, 5) is 29.1. The number of aromatic nitrogens is 5. The Morgan fingerprint density at radius 3 is 2.39 bits per heavy atom. The van der Waals surface area contributed by atoms with Gasteiger partial charge in [0.2, 0.25) is 0 Å². The standard InChI is InChI=1S/C29H23F4N7O.C2H7N/c30-24-13-20(3-4-23(24)28(41)39-10-8-38(9-11-39)18-19-2-1-7-34-14-19)26-17-36-27-6-5-25(37-40(26)27)21-12-22(16-35-15-21)29(31,32)33;1-2-3/h1-7,12-17H,8-11,18H2;2-3H2,1H3. The summed E-state index contributed by atoms with van der Waals surface area (Å²) in [5, 5.41) is 4.44. The van der Waals surface area contributed by atoms with E-state index in [9.17, 15) is 18.0 Å². The smallest absolute Gasteiger partial charge is 0.336 e. The fourth-order valence-corrected chi connectivity index (χ4v) is 4.84. The van der Waals surface area contributed by atoms with Crippen LogP contribution in [0.4, 0.5) is 17.6 Å². The van der Waals surface area contributed by atoms with Crippen molar-refractivity contribution in [1.29, 1.82) is 0 Å². The minimum absolute atomic E-state index is 0.0352. The van der Waals surface area contributed by atoms with Crippen molar-refractivity contribution in [2.75, 3.05) is 32.7 Å². The third-order valence-corrected chi connectivity index (χ3v) is 7.01. The number of carbonyl (C=O) groups excluding carboxylic acids is 1. The molecule has 1 fully saturated rings. The number of pyridine rings is 2. The number of fused-ring (bicyclic) bond motifs is 1. The van der Waals surface area contributed by atoms with E-state index in [0.717, 1.165) is 30.9 Å². The minimum atomic E-state index is -4.54. The van der Waals surface area contributed by atoms with Gasteiger partial charge >= 0.3 is 6.18 Å². The fourth-order valence-electron chi connectivity index (χ4n) is 4.84. The molecule has 5 heterocycles. The summed E-state index contributed by atoms with van der Waals surface area (Å²) in [5.74, 6) is -1.07. The average molecular weight is 607 g/mol. The molecular formula is C31H30F4N8O. The second-order valence-electron chi connectivity index (χ2n) is 10.1. The van der Waals surface area contributed by atoms with Crippen LogP contribution in [0.3, 0.4) is 0 Å². The van der Waals surface area contributed by atoms with Crippen molar-refractivity contribution in [2.24, 2.45) is 5.73 Å². The first-order chi connectivity index (χ1) is 21.2. The van der Waals surface area contributed by atoms with E-state index in [0.29, 0.717) is 43.1 Å². The van der Waals surface area contributed by atoms with Gasteiger partial charge in [-0.2, -0.15) is 18.3 Å². The maximum absolute atomic E-state index is 15.3. The van der Waals surface area contributed by atoms with E-state index in [4.69, 9.17) is 5.73 Å². The van der Waals surface area contributed by atoms with Crippen LogP contribution in [0.2, 0.25) is 0 Å². The molecule has 9 nitrogen and oxygen atoms in total. The molecule has 1 saturated heterocycles. The van der Waals surface area contributed by atoms with Gasteiger partial charge in [-0.1, -0.05) is 19.1 Å². The topological polar surface area (TPSA) is 106 Å². The van der Waals surface area contributed by atoms with Gasteiger partial charge in [-0.3, -0.25) is 19.7 Å². The van der Waals surface area contributed by atoms with Crippen LogP contribution in [0, 0.1) is 5.82 Å². The molecule has 2 N–H and O–H groups in total. The number of rotatable bonds is 5. The number of hydrogen-bond acceptors (Lipinski definition) is 7. The number of amides is 1. The van der Waals surface area contributed by atoms with E-state index in [1.54, 1.807) is 29.3 Å². The molecule has 0 spiro atoms. The van der Waals surface area contributed by atoms with Gasteiger partial charge in [-0.15, -0.1) is 0 Å². The van der Waals surface area contributed by atoms with Gasteiger partial charge in [0.25, 0.3) is 5.91 Å². The zero-order valence-corrected chi connectivity index (χ0v) is 23.9. The molecule has 0 radical (unpaired) electrons. The van der Waals surface area contributed by atoms with Crippen molar-refractivity contribution in [2.45, 2.75) is 19.6 Å². The van der Waals surface area contributed by atoms with Gasteiger partial charge in [-0.05, 0) is 48.5 Å². The molecule has 1 aromatic carbocycles. The molecule has 0 saturated carbocycles. The molecule has 13 heteroatoms. The highest BCUT2D eigenvalue weighted by Crippen LogP contribution is 2.31. The Hall–Kier alpha value is -4.75. The third kappa shape index (κ3) is 6.90. The molecule has 228 valence electrons. The molecule has 6 rings (SSSR count). The first-order valence-corrected chi connectivity index (χ1v) is 14.0. The molecule has 0 aliphatic carbocycles. The lowest BCUT2D eigenvalue weighted by atomic mass is 10.1. The predicted octanol–water partition coefficient (Wildman–Crippen LogP) is 4.93. The van der Waals surface area contributed by atoms with Gasteiger partial charge in [0.05, 0.1) is 28.7 Å². The van der Waals surface area contributed by atoms with Gasteiger partial charge < -0.3 is 10.6 Å². The number of benzene rings is 1. The normalized spacial score (nSPS) is 13.9. The highest BCUT2D eigenvalue weighted by atomic mass is 19.4. The highest BCUT2D eigenvalue weighted by Gasteiger charge is 2.31. The summed E-state index contributed by atoms with van der Waals surface area (Å²) in [7, 11) is 0. The number of hydrogen-bond donors (Lipinski definition) is 1. The van der Waals surface area contributed by atoms with Crippen LogP contribution in [0.1, 0.15) is 28.4 Å². The predicted molar refractivity (Wildman–Crippen MR) is 157 cm³/mol. The van der Waals surface area contributed by atoms with E-state index in [2.05, 4.69) is 25.0 Å². The van der Waals surface area contributed by atoms with E-state index >= 15 is 4.39 Å². The van der Waals surface area contributed by atoms with Crippen LogP contribution in [-0.4, -0.2) is 73.0 Å². The first kappa shape index (κ1) is 30.7. The molecule has 0 atom stereocenters. The van der Waals surface area contributed by atoms with E-state index < -0.39 is 17.6 Å². The van der Waals surface area contributed by atoms with Crippen molar-refractivity contribution in [1.82, 2.24) is 34.4 Å². The number of piperazine rings is 1. The number of carbonyl (C=O) groups is 1. The van der Waals surface area contributed by atoms with Crippen LogP contribution >= 0.6 is 0 Å². The highest BCUT2D eigenvalue weighted by molar-refractivity contribution is 5.95. The zero-order valence-electron chi connectivity index (χ0n) is 23.9. The van der Waals surface area contributed by atoms with Crippen molar-refractivity contribution in [3.63, 3.8) is 0 Å². The SMILES string of the molecule is CCN.O=C(c1ccc(-c2cnc3ccc(-c4cncc(C(F)(F)F)c4)nn23)cc1F)N1CCN(Cc2cccnc2)CC1. The van der Waals surface area contributed by atoms with Gasteiger partial charge in [0.15, 0.2) is 5.65 Å². The summed E-state index contributed by atoms with van der Waals surface area (Å²) in [6.45, 7) is 5.67. The van der Waals surface area contributed by atoms with Crippen LogP contribution in [0.15, 0.2) is 79.5 Å². The summed E-state index contributed by atoms with van der Waals surface area (Å²) >= 11 is 0. The summed E-state index contributed by atoms with van der Waals surface area (Å²) in [5.41, 5.74) is 6.69. The van der Waals surface area contributed by atoms with Crippen LogP contribution in [0.5, 0.6) is 0 Å². The summed E-state index contributed by atoms with van der Waals surface area (Å²) in [6, 6.07) is 12.3. The van der Waals surface area contributed by atoms with Crippen LogP contribution < -0.4 is 5.73 Å². The Morgan fingerprint density at radius 2 is 1.70 bits per heavy atom. The van der Waals surface area contributed by atoms with Gasteiger partial charge in [0, 0.05) is 68.6 Å². The summed E-state index contributed by atoms with van der Waals surface area (Å²) < 4.78 is 56.2. The second kappa shape index (κ2) is 13.3. The fraction of sp³-hybridized carbons (Fsp3) is 0.258. The molecule has 1 aliphatic heterocycles. The number of nitrogens with two attached hydrogens (primary N) is 1. The number of imidazole rings is 1.